The van der Waals surface area contributed by atoms with Gasteiger partial charge in [-0.15, -0.1) is 0 Å². The zero-order valence-electron chi connectivity index (χ0n) is 17.1. The van der Waals surface area contributed by atoms with E-state index in [4.69, 9.17) is 4.42 Å². The number of non-ortho nitro benzene ring substituents is 1. The van der Waals surface area contributed by atoms with E-state index in [1.807, 2.05) is 48.5 Å². The lowest BCUT2D eigenvalue weighted by molar-refractivity contribution is -0.384. The maximum atomic E-state index is 13.2. The summed E-state index contributed by atoms with van der Waals surface area (Å²) >= 11 is 0. The molecule has 2 aromatic carbocycles. The van der Waals surface area contributed by atoms with Gasteiger partial charge in [0.2, 0.25) is 5.91 Å². The molecule has 1 aliphatic heterocycles. The van der Waals surface area contributed by atoms with E-state index >= 15 is 0 Å². The first-order chi connectivity index (χ1) is 15.1. The van der Waals surface area contributed by atoms with Gasteiger partial charge in [-0.1, -0.05) is 24.3 Å². The van der Waals surface area contributed by atoms with Gasteiger partial charge in [0.1, 0.15) is 5.76 Å². The molecule has 31 heavy (non-hydrogen) atoms. The predicted octanol–water partition coefficient (Wildman–Crippen LogP) is 3.54. The Bertz CT molecular complexity index is 1020. The Kier molecular flexibility index (Phi) is 6.28. The molecule has 0 bridgehead atoms. The highest BCUT2D eigenvalue weighted by molar-refractivity contribution is 5.94. The van der Waals surface area contributed by atoms with Crippen molar-refractivity contribution in [3.05, 3.63) is 88.9 Å². The van der Waals surface area contributed by atoms with Crippen LogP contribution in [0, 0.1) is 10.1 Å². The Hall–Kier alpha value is -3.65. The summed E-state index contributed by atoms with van der Waals surface area (Å²) in [6, 6.07) is 19.9. The summed E-state index contributed by atoms with van der Waals surface area (Å²) in [6.07, 6.45) is 1.61. The van der Waals surface area contributed by atoms with E-state index in [-0.39, 0.29) is 16.5 Å². The number of nitro groups is 1. The molecule has 1 fully saturated rings. The fraction of sp³-hybridized carbons (Fsp3) is 0.261. The number of rotatable bonds is 7. The molecule has 0 unspecified atom stereocenters. The van der Waals surface area contributed by atoms with Gasteiger partial charge in [0.15, 0.2) is 0 Å². The van der Waals surface area contributed by atoms with Crippen LogP contribution in [0.5, 0.6) is 0 Å². The van der Waals surface area contributed by atoms with Crippen molar-refractivity contribution < 1.29 is 14.1 Å². The number of amides is 1. The van der Waals surface area contributed by atoms with Gasteiger partial charge in [0.25, 0.3) is 5.69 Å². The molecule has 1 aromatic heterocycles. The number of piperazine rings is 1. The van der Waals surface area contributed by atoms with E-state index in [0.29, 0.717) is 39.3 Å². The number of benzene rings is 2. The van der Waals surface area contributed by atoms with Crippen molar-refractivity contribution in [3.63, 3.8) is 0 Å². The van der Waals surface area contributed by atoms with Crippen LogP contribution in [-0.4, -0.2) is 48.5 Å². The van der Waals surface area contributed by atoms with Gasteiger partial charge < -0.3 is 14.2 Å². The topological polar surface area (TPSA) is 83.1 Å². The maximum Gasteiger partial charge on any atom is 0.271 e. The van der Waals surface area contributed by atoms with Gasteiger partial charge >= 0.3 is 0 Å². The number of hydrogen-bond donors (Lipinski definition) is 0. The molecule has 1 amide bonds. The highest BCUT2D eigenvalue weighted by Crippen LogP contribution is 2.23. The van der Waals surface area contributed by atoms with Gasteiger partial charge in [0.05, 0.1) is 24.3 Å². The quantitative estimate of drug-likeness (QED) is 0.429. The lowest BCUT2D eigenvalue weighted by atomic mass is 10.2. The predicted molar refractivity (Wildman–Crippen MR) is 118 cm³/mol. The minimum absolute atomic E-state index is 0.00592. The smallest absolute Gasteiger partial charge is 0.271 e. The summed E-state index contributed by atoms with van der Waals surface area (Å²) < 4.78 is 5.45. The molecule has 3 aromatic rings. The number of hydrogen-bond acceptors (Lipinski definition) is 6. The Morgan fingerprint density at radius 1 is 1.00 bits per heavy atom. The second-order valence-electron chi connectivity index (χ2n) is 7.43. The molecule has 0 spiro atoms. The highest BCUT2D eigenvalue weighted by Gasteiger charge is 2.24. The molecule has 0 aliphatic carbocycles. The zero-order chi connectivity index (χ0) is 21.6. The third-order valence-corrected chi connectivity index (χ3v) is 5.40. The zero-order valence-corrected chi connectivity index (χ0v) is 17.1. The number of nitrogens with zero attached hydrogens (tertiary/aromatic N) is 4. The largest absolute Gasteiger partial charge is 0.467 e. The number of carbonyl (C=O) groups excluding carboxylic acids is 1. The van der Waals surface area contributed by atoms with Crippen LogP contribution < -0.4 is 9.80 Å². The van der Waals surface area contributed by atoms with Crippen molar-refractivity contribution in [2.24, 2.45) is 0 Å². The summed E-state index contributed by atoms with van der Waals surface area (Å²) in [5.41, 5.74) is 1.76. The molecule has 1 aliphatic rings. The van der Waals surface area contributed by atoms with Crippen LogP contribution >= 0.6 is 0 Å². The summed E-state index contributed by atoms with van der Waals surface area (Å²) in [4.78, 5) is 29.8. The second kappa shape index (κ2) is 9.44. The molecule has 0 atom stereocenters. The van der Waals surface area contributed by atoms with Crippen LogP contribution in [0.25, 0.3) is 0 Å². The molecule has 0 N–H and O–H groups in total. The van der Waals surface area contributed by atoms with Crippen molar-refractivity contribution >= 4 is 23.0 Å². The van der Waals surface area contributed by atoms with E-state index in [2.05, 4.69) is 9.80 Å². The summed E-state index contributed by atoms with van der Waals surface area (Å²) in [7, 11) is 0. The fourth-order valence-corrected chi connectivity index (χ4v) is 3.73. The third-order valence-electron chi connectivity index (χ3n) is 5.40. The molecule has 0 saturated carbocycles. The summed E-state index contributed by atoms with van der Waals surface area (Å²) in [5, 5.41) is 11.0. The third kappa shape index (κ3) is 5.10. The second-order valence-corrected chi connectivity index (χ2v) is 7.43. The van der Waals surface area contributed by atoms with E-state index in [1.165, 1.54) is 6.07 Å². The number of nitro benzene ring substituents is 1. The van der Waals surface area contributed by atoms with E-state index in [1.54, 1.807) is 23.3 Å². The monoisotopic (exact) mass is 420 g/mol. The van der Waals surface area contributed by atoms with E-state index in [0.717, 1.165) is 17.1 Å². The molecule has 1 saturated heterocycles. The minimum atomic E-state index is -0.379. The molecule has 2 heterocycles. The van der Waals surface area contributed by atoms with Crippen LogP contribution in [-0.2, 0) is 11.3 Å². The lowest BCUT2D eigenvalue weighted by Gasteiger charge is -2.36. The van der Waals surface area contributed by atoms with Crippen LogP contribution in [0.4, 0.5) is 17.1 Å². The Morgan fingerprint density at radius 3 is 2.45 bits per heavy atom. The Labute approximate surface area is 180 Å². The van der Waals surface area contributed by atoms with Gasteiger partial charge in [-0.2, -0.15) is 0 Å². The Balaban J connectivity index is 1.39. The molecular weight excluding hydrogens is 396 g/mol. The summed E-state index contributed by atoms with van der Waals surface area (Å²) in [5.74, 6) is 0.735. The number of carbonyl (C=O) groups is 1. The number of furan rings is 1. The average molecular weight is 420 g/mol. The maximum absolute atomic E-state index is 13.2. The fourth-order valence-electron chi connectivity index (χ4n) is 3.73. The number of anilines is 2. The van der Waals surface area contributed by atoms with Crippen molar-refractivity contribution in [2.45, 2.75) is 6.54 Å². The molecular formula is C23H24N4O4. The highest BCUT2D eigenvalue weighted by atomic mass is 16.6. The SMILES string of the molecule is O=C(CN1CCN(c2cccc([N+](=O)[O-])c2)CC1)N(Cc1ccco1)c1ccccc1. The Morgan fingerprint density at radius 2 is 1.77 bits per heavy atom. The normalized spacial score (nSPS) is 14.4. The molecule has 8 nitrogen and oxygen atoms in total. The van der Waals surface area contributed by atoms with Crippen LogP contribution in [0.3, 0.4) is 0 Å². The van der Waals surface area contributed by atoms with Gasteiger partial charge in [-0.3, -0.25) is 19.8 Å². The minimum Gasteiger partial charge on any atom is -0.467 e. The van der Waals surface area contributed by atoms with Crippen molar-refractivity contribution in [1.29, 1.82) is 0 Å². The van der Waals surface area contributed by atoms with Gasteiger partial charge in [0, 0.05) is 49.7 Å². The van der Waals surface area contributed by atoms with E-state index in [9.17, 15) is 14.9 Å². The van der Waals surface area contributed by atoms with Crippen LogP contribution in [0.2, 0.25) is 0 Å². The van der Waals surface area contributed by atoms with Crippen LogP contribution in [0.1, 0.15) is 5.76 Å². The molecule has 4 rings (SSSR count). The van der Waals surface area contributed by atoms with Crippen LogP contribution in [0.15, 0.2) is 77.4 Å². The average Bonchev–Trinajstić information content (AvgIpc) is 3.32. The standard InChI is InChI=1S/C23H24N4O4/c28-23(26(17-22-10-5-15-31-22)19-6-2-1-3-7-19)18-24-11-13-25(14-12-24)20-8-4-9-21(16-20)27(29)30/h1-10,15-16H,11-14,17-18H2. The van der Waals surface area contributed by atoms with E-state index < -0.39 is 0 Å². The number of para-hydroxylation sites is 1. The first-order valence-corrected chi connectivity index (χ1v) is 10.2. The van der Waals surface area contributed by atoms with Crippen molar-refractivity contribution in [1.82, 2.24) is 4.90 Å². The molecule has 160 valence electrons. The first-order valence-electron chi connectivity index (χ1n) is 10.2. The summed E-state index contributed by atoms with van der Waals surface area (Å²) in [6.45, 7) is 3.51. The van der Waals surface area contributed by atoms with Crippen molar-refractivity contribution in [3.8, 4) is 0 Å². The lowest BCUT2D eigenvalue weighted by Crippen LogP contribution is -2.50. The van der Waals surface area contributed by atoms with Gasteiger partial charge in [-0.05, 0) is 30.3 Å². The first kappa shape index (κ1) is 20.6. The molecule has 0 radical (unpaired) electrons. The van der Waals surface area contributed by atoms with Gasteiger partial charge in [-0.25, -0.2) is 0 Å². The van der Waals surface area contributed by atoms with Crippen molar-refractivity contribution in [2.75, 3.05) is 42.5 Å². The molecule has 8 heteroatoms.